The molecule has 0 spiro atoms. The molecule has 0 aromatic carbocycles. The first-order valence-electron chi connectivity index (χ1n) is 12.2. The molecule has 1 saturated carbocycles. The van der Waals surface area contributed by atoms with Crippen molar-refractivity contribution in [3.63, 3.8) is 0 Å². The van der Waals surface area contributed by atoms with Gasteiger partial charge < -0.3 is 34.9 Å². The number of esters is 1. The monoisotopic (exact) mass is 495 g/mol. The number of nitrogens with one attached hydrogen (secondary N) is 2. The van der Waals surface area contributed by atoms with Gasteiger partial charge >= 0.3 is 12.1 Å². The maximum absolute atomic E-state index is 13.5. The second-order valence-electron chi connectivity index (χ2n) is 10.2. The van der Waals surface area contributed by atoms with Crippen molar-refractivity contribution in [2.24, 2.45) is 5.92 Å². The summed E-state index contributed by atoms with van der Waals surface area (Å²) in [7, 11) is 0. The Balaban J connectivity index is 1.84. The number of hydrogen-bond donors (Lipinski definition) is 3. The largest absolute Gasteiger partial charge is 0.464 e. The number of carbonyl (C=O) groups is 4. The molecule has 11 heteroatoms. The summed E-state index contributed by atoms with van der Waals surface area (Å²) in [6.45, 7) is 7.52. The molecule has 3 aliphatic rings. The predicted octanol–water partition coefficient (Wildman–Crippen LogP) is 0.646. The summed E-state index contributed by atoms with van der Waals surface area (Å²) in [6, 6.07) is -2.01. The standard InChI is InChI=1S/C24H37N3O8/c1-5-34-21(31)24-13-15(24)8-6-7-10-33-11-9-17(25-22(32)35-23(2,3)4)20(30)27-14-16(28)12-18(27)19(29)26-24/h6,8,15-18,28H,5,7,9-14H2,1-4H3,(H,25,32)(H,26,29)/b8-6-/t15-,16+,17-,18-,24+/m0/s1. The Kier molecular flexibility index (Phi) is 8.42. The second kappa shape index (κ2) is 10.9. The minimum absolute atomic E-state index is 0.0205. The first kappa shape index (κ1) is 26.9. The van der Waals surface area contributed by atoms with Gasteiger partial charge in [0.05, 0.1) is 19.3 Å². The summed E-state index contributed by atoms with van der Waals surface area (Å²) in [5.41, 5.74) is -1.95. The van der Waals surface area contributed by atoms with Crippen LogP contribution in [0.2, 0.25) is 0 Å². The van der Waals surface area contributed by atoms with Crippen molar-refractivity contribution in [2.75, 3.05) is 26.4 Å². The van der Waals surface area contributed by atoms with E-state index in [1.54, 1.807) is 27.7 Å². The van der Waals surface area contributed by atoms with E-state index in [2.05, 4.69) is 10.6 Å². The summed E-state index contributed by atoms with van der Waals surface area (Å²) < 4.78 is 16.2. The normalized spacial score (nSPS) is 32.8. The van der Waals surface area contributed by atoms with E-state index < -0.39 is 53.2 Å². The smallest absolute Gasteiger partial charge is 0.408 e. The summed E-state index contributed by atoms with van der Waals surface area (Å²) in [4.78, 5) is 53.2. The van der Waals surface area contributed by atoms with Crippen molar-refractivity contribution in [3.8, 4) is 0 Å². The van der Waals surface area contributed by atoms with Gasteiger partial charge in [0.2, 0.25) is 11.8 Å². The topological polar surface area (TPSA) is 144 Å². The number of aliphatic hydroxyl groups excluding tert-OH is 1. The van der Waals surface area contributed by atoms with E-state index in [0.29, 0.717) is 19.4 Å². The lowest BCUT2D eigenvalue weighted by molar-refractivity contribution is -0.150. The zero-order valence-electron chi connectivity index (χ0n) is 20.9. The quantitative estimate of drug-likeness (QED) is 0.382. The molecule has 0 aromatic heterocycles. The molecular formula is C24H37N3O8. The Morgan fingerprint density at radius 2 is 2.06 bits per heavy atom. The highest BCUT2D eigenvalue weighted by molar-refractivity contribution is 5.96. The first-order chi connectivity index (χ1) is 16.5. The van der Waals surface area contributed by atoms with Gasteiger partial charge in [-0.1, -0.05) is 12.2 Å². The minimum atomic E-state index is -1.19. The van der Waals surface area contributed by atoms with E-state index in [-0.39, 0.29) is 38.5 Å². The van der Waals surface area contributed by atoms with Gasteiger partial charge in [0.15, 0.2) is 0 Å². The molecule has 2 heterocycles. The van der Waals surface area contributed by atoms with Gasteiger partial charge in [0, 0.05) is 31.9 Å². The van der Waals surface area contributed by atoms with Gasteiger partial charge in [-0.2, -0.15) is 0 Å². The number of amides is 3. The van der Waals surface area contributed by atoms with E-state index in [1.165, 1.54) is 4.90 Å². The molecule has 11 nitrogen and oxygen atoms in total. The van der Waals surface area contributed by atoms with Crippen molar-refractivity contribution in [1.29, 1.82) is 0 Å². The van der Waals surface area contributed by atoms with Crippen LogP contribution in [-0.4, -0.2) is 89.6 Å². The molecule has 2 fully saturated rings. The summed E-state index contributed by atoms with van der Waals surface area (Å²) in [5, 5.41) is 15.7. The molecule has 0 unspecified atom stereocenters. The van der Waals surface area contributed by atoms with Crippen LogP contribution in [0.3, 0.4) is 0 Å². The lowest BCUT2D eigenvalue weighted by Crippen LogP contribution is -2.57. The van der Waals surface area contributed by atoms with Crippen LogP contribution in [0.1, 0.15) is 53.4 Å². The van der Waals surface area contributed by atoms with Gasteiger partial charge in [-0.25, -0.2) is 9.59 Å². The molecule has 3 rings (SSSR count). The maximum atomic E-state index is 13.5. The Morgan fingerprint density at radius 1 is 1.31 bits per heavy atom. The van der Waals surface area contributed by atoms with Crippen molar-refractivity contribution in [2.45, 2.75) is 82.7 Å². The molecule has 3 amide bonds. The highest BCUT2D eigenvalue weighted by atomic mass is 16.6. The van der Waals surface area contributed by atoms with Crippen LogP contribution < -0.4 is 10.6 Å². The lowest BCUT2D eigenvalue weighted by atomic mass is 10.1. The maximum Gasteiger partial charge on any atom is 0.408 e. The lowest BCUT2D eigenvalue weighted by Gasteiger charge is -2.30. The fourth-order valence-electron chi connectivity index (χ4n) is 4.44. The molecule has 3 N–H and O–H groups in total. The number of ether oxygens (including phenoxy) is 3. The van der Waals surface area contributed by atoms with Crippen molar-refractivity contribution in [3.05, 3.63) is 12.2 Å². The van der Waals surface area contributed by atoms with Crippen LogP contribution in [0.25, 0.3) is 0 Å². The van der Waals surface area contributed by atoms with Crippen LogP contribution in [0.5, 0.6) is 0 Å². The van der Waals surface area contributed by atoms with E-state index in [4.69, 9.17) is 14.2 Å². The number of hydrogen-bond acceptors (Lipinski definition) is 8. The molecule has 0 aromatic rings. The summed E-state index contributed by atoms with van der Waals surface area (Å²) in [6.07, 6.45) is 3.25. The molecule has 35 heavy (non-hydrogen) atoms. The number of nitrogens with zero attached hydrogens (tertiary/aromatic N) is 1. The molecule has 2 aliphatic heterocycles. The van der Waals surface area contributed by atoms with E-state index in [9.17, 15) is 24.3 Å². The Bertz CT molecular complexity index is 854. The van der Waals surface area contributed by atoms with Gasteiger partial charge in [0.25, 0.3) is 0 Å². The number of alkyl carbamates (subject to hydrolysis) is 1. The number of fused-ring (bicyclic) bond motifs is 2. The SMILES string of the molecule is CCOC(=O)[C@@]12C[C@@H]1/C=C\CCOCC[C@H](NC(=O)OC(C)(C)C)C(=O)N1C[C@H](O)C[C@H]1C(=O)N2. The second-order valence-corrected chi connectivity index (χ2v) is 10.2. The van der Waals surface area contributed by atoms with Crippen LogP contribution in [0.15, 0.2) is 12.2 Å². The third kappa shape index (κ3) is 6.72. The molecule has 0 bridgehead atoms. The summed E-state index contributed by atoms with van der Waals surface area (Å²) in [5.74, 6) is -1.82. The Labute approximate surface area is 205 Å². The van der Waals surface area contributed by atoms with Gasteiger partial charge in [0.1, 0.15) is 23.2 Å². The fourth-order valence-corrected chi connectivity index (χ4v) is 4.44. The predicted molar refractivity (Wildman–Crippen MR) is 124 cm³/mol. The van der Waals surface area contributed by atoms with E-state index in [0.717, 1.165) is 0 Å². The van der Waals surface area contributed by atoms with Crippen molar-refractivity contribution < 1.29 is 38.5 Å². The highest BCUT2D eigenvalue weighted by Crippen LogP contribution is 2.46. The number of carbonyl (C=O) groups excluding carboxylic acids is 4. The Morgan fingerprint density at radius 3 is 2.74 bits per heavy atom. The molecule has 5 atom stereocenters. The van der Waals surface area contributed by atoms with Gasteiger partial charge in [-0.05, 0) is 40.5 Å². The molecule has 196 valence electrons. The summed E-state index contributed by atoms with van der Waals surface area (Å²) >= 11 is 0. The third-order valence-corrected chi connectivity index (χ3v) is 6.20. The van der Waals surface area contributed by atoms with E-state index >= 15 is 0 Å². The fraction of sp³-hybridized carbons (Fsp3) is 0.750. The van der Waals surface area contributed by atoms with Crippen molar-refractivity contribution >= 4 is 23.9 Å². The third-order valence-electron chi connectivity index (χ3n) is 6.20. The molecule has 0 radical (unpaired) electrons. The van der Waals surface area contributed by atoms with Crippen LogP contribution >= 0.6 is 0 Å². The number of aliphatic hydroxyl groups is 1. The minimum Gasteiger partial charge on any atom is -0.464 e. The zero-order valence-corrected chi connectivity index (χ0v) is 20.9. The molecule has 1 saturated heterocycles. The molecule has 1 aliphatic carbocycles. The Hall–Kier alpha value is -2.66. The van der Waals surface area contributed by atoms with Crippen LogP contribution in [0.4, 0.5) is 4.79 Å². The average molecular weight is 496 g/mol. The van der Waals surface area contributed by atoms with Crippen molar-refractivity contribution in [1.82, 2.24) is 15.5 Å². The number of rotatable bonds is 3. The van der Waals surface area contributed by atoms with Crippen LogP contribution in [-0.2, 0) is 28.6 Å². The highest BCUT2D eigenvalue weighted by Gasteiger charge is 2.62. The molecular weight excluding hydrogens is 458 g/mol. The van der Waals surface area contributed by atoms with Crippen LogP contribution in [0, 0.1) is 5.92 Å². The van der Waals surface area contributed by atoms with Gasteiger partial charge in [-0.15, -0.1) is 0 Å². The zero-order chi connectivity index (χ0) is 25.8. The first-order valence-corrected chi connectivity index (χ1v) is 12.2. The van der Waals surface area contributed by atoms with Gasteiger partial charge in [-0.3, -0.25) is 9.59 Å². The average Bonchev–Trinajstić information content (AvgIpc) is 3.30. The van der Waals surface area contributed by atoms with E-state index in [1.807, 2.05) is 12.2 Å².